The monoisotopic (exact) mass is 420 g/mol. The molecule has 0 saturated carbocycles. The van der Waals surface area contributed by atoms with Crippen molar-refractivity contribution >= 4 is 23.0 Å². The molecule has 0 aliphatic rings. The highest BCUT2D eigenvalue weighted by molar-refractivity contribution is 7.80. The maximum atomic E-state index is 12.6. The molecular formula is C13H14F10N2S. The number of benzene rings is 1. The normalized spacial score (nSPS) is 10.7. The summed E-state index contributed by atoms with van der Waals surface area (Å²) in [5.74, 6) is 0. The zero-order chi connectivity index (χ0) is 21.0. The summed E-state index contributed by atoms with van der Waals surface area (Å²) < 4.78 is 116. The fraction of sp³-hybridized carbons (Fsp3) is 0.462. The summed E-state index contributed by atoms with van der Waals surface area (Å²) in [6, 6.07) is 0.973. The van der Waals surface area contributed by atoms with Gasteiger partial charge < -0.3 is 10.6 Å². The van der Waals surface area contributed by atoms with Crippen LogP contribution >= 0.6 is 12.2 Å². The van der Waals surface area contributed by atoms with Gasteiger partial charge in [-0.3, -0.25) is 4.39 Å². The second-order valence-corrected chi connectivity index (χ2v) is 4.37. The predicted molar refractivity (Wildman–Crippen MR) is 80.8 cm³/mol. The topological polar surface area (TPSA) is 24.1 Å². The average molecular weight is 420 g/mol. The van der Waals surface area contributed by atoms with Gasteiger partial charge in [0, 0.05) is 12.2 Å². The molecule has 2 N–H and O–H groups in total. The van der Waals surface area contributed by atoms with Gasteiger partial charge in [-0.05, 0) is 30.4 Å². The Morgan fingerprint density at radius 2 is 1.27 bits per heavy atom. The fourth-order valence-corrected chi connectivity index (χ4v) is 1.58. The first kappa shape index (κ1) is 26.4. The summed E-state index contributed by atoms with van der Waals surface area (Å²) in [6.07, 6.45) is -9.88. The molecular weight excluding hydrogens is 406 g/mol. The lowest BCUT2D eigenvalue weighted by Crippen LogP contribution is -2.30. The molecule has 1 aromatic rings. The van der Waals surface area contributed by atoms with E-state index in [1.54, 1.807) is 0 Å². The van der Waals surface area contributed by atoms with E-state index in [0.29, 0.717) is 19.3 Å². The van der Waals surface area contributed by atoms with Crippen molar-refractivity contribution in [2.24, 2.45) is 0 Å². The Labute approximate surface area is 147 Å². The highest BCUT2D eigenvalue weighted by Crippen LogP contribution is 2.37. The molecule has 0 fully saturated rings. The molecule has 1 rings (SSSR count). The van der Waals surface area contributed by atoms with E-state index in [1.807, 2.05) is 0 Å². The Hall–Kier alpha value is -1.79. The maximum absolute atomic E-state index is 12.6. The van der Waals surface area contributed by atoms with Crippen LogP contribution in [0.25, 0.3) is 0 Å². The van der Waals surface area contributed by atoms with Gasteiger partial charge in [0.2, 0.25) is 6.93 Å². The van der Waals surface area contributed by atoms with E-state index in [9.17, 15) is 43.9 Å². The molecule has 1 aromatic carbocycles. The second kappa shape index (κ2) is 12.5. The van der Waals surface area contributed by atoms with Gasteiger partial charge in [-0.2, -0.15) is 26.3 Å². The molecule has 0 bridgehead atoms. The van der Waals surface area contributed by atoms with E-state index >= 15 is 0 Å². The molecule has 13 heteroatoms. The van der Waals surface area contributed by atoms with E-state index in [-0.39, 0.29) is 17.7 Å². The Kier molecular flexibility index (Phi) is 12.8. The highest BCUT2D eigenvalue weighted by Gasteiger charge is 2.36. The van der Waals surface area contributed by atoms with Crippen molar-refractivity contribution in [3.8, 4) is 0 Å². The summed E-state index contributed by atoms with van der Waals surface area (Å²) in [5.41, 5.74) is -3.42. The number of alkyl halides is 10. The summed E-state index contributed by atoms with van der Waals surface area (Å²) >= 11 is 4.62. The van der Waals surface area contributed by atoms with Gasteiger partial charge in [-0.1, -0.05) is 0 Å². The van der Waals surface area contributed by atoms with E-state index in [1.165, 1.54) is 0 Å². The van der Waals surface area contributed by atoms with Crippen molar-refractivity contribution in [2.75, 3.05) is 32.6 Å². The lowest BCUT2D eigenvalue weighted by Gasteiger charge is -2.15. The van der Waals surface area contributed by atoms with Crippen LogP contribution in [-0.4, -0.2) is 32.4 Å². The fourth-order valence-electron chi connectivity index (χ4n) is 1.36. The van der Waals surface area contributed by atoms with E-state index in [4.69, 9.17) is 0 Å². The smallest absolute Gasteiger partial charge is 0.360 e. The van der Waals surface area contributed by atoms with Gasteiger partial charge in [0.25, 0.3) is 0 Å². The lowest BCUT2D eigenvalue weighted by molar-refractivity contribution is -0.143. The third-order valence-corrected chi connectivity index (χ3v) is 2.47. The Morgan fingerprint density at radius 3 is 1.58 bits per heavy atom. The van der Waals surface area contributed by atoms with Crippen LogP contribution in [0.15, 0.2) is 18.2 Å². The SMILES string of the molecule is CF.FCCNC(=S)Nc1cc(C(F)(F)F)cc(C(F)(F)F)c1.FCF. The molecule has 0 atom stereocenters. The van der Waals surface area contributed by atoms with Crippen molar-refractivity contribution in [1.29, 1.82) is 0 Å². The zero-order valence-corrected chi connectivity index (χ0v) is 13.9. The van der Waals surface area contributed by atoms with Crippen molar-refractivity contribution < 1.29 is 43.9 Å². The average Bonchev–Trinajstić information content (AvgIpc) is 2.53. The number of hydrogen-bond acceptors (Lipinski definition) is 1. The number of hydrogen-bond donors (Lipinski definition) is 2. The van der Waals surface area contributed by atoms with Gasteiger partial charge >= 0.3 is 12.4 Å². The molecule has 0 saturated heterocycles. The molecule has 0 radical (unpaired) electrons. The molecule has 0 aliphatic heterocycles. The first-order valence-electron chi connectivity index (χ1n) is 6.35. The van der Waals surface area contributed by atoms with Gasteiger partial charge in [0.05, 0.1) is 18.3 Å². The number of thiocarbonyl (C=S) groups is 1. The second-order valence-electron chi connectivity index (χ2n) is 3.97. The number of halogens is 10. The Bertz CT molecular complexity index is 498. The summed E-state index contributed by atoms with van der Waals surface area (Å²) in [7, 11) is 0.500. The van der Waals surface area contributed by atoms with E-state index in [0.717, 1.165) is 0 Å². The molecule has 0 heterocycles. The first-order valence-corrected chi connectivity index (χ1v) is 6.76. The van der Waals surface area contributed by atoms with Crippen molar-refractivity contribution in [2.45, 2.75) is 12.4 Å². The van der Waals surface area contributed by atoms with Crippen molar-refractivity contribution in [3.05, 3.63) is 29.3 Å². The maximum Gasteiger partial charge on any atom is 0.416 e. The van der Waals surface area contributed by atoms with Crippen LogP contribution in [0.2, 0.25) is 0 Å². The lowest BCUT2D eigenvalue weighted by atomic mass is 10.1. The minimum atomic E-state index is -4.94. The quantitative estimate of drug-likeness (QED) is 0.503. The molecule has 0 aromatic heterocycles. The van der Waals surface area contributed by atoms with Gasteiger partial charge in [0.1, 0.15) is 6.67 Å². The largest absolute Gasteiger partial charge is 0.416 e. The molecule has 152 valence electrons. The standard InChI is InChI=1S/C11H9F7N2S.CH2F2.CH3F/c12-1-2-19-9(21)20-8-4-6(10(13,14)15)3-7(5-8)11(16,17)18;2-1-3;1-2/h3-5H,1-2H2,(H2,19,20,21);1H2;1H3. The molecule has 0 amide bonds. The van der Waals surface area contributed by atoms with Crippen LogP contribution in [0.5, 0.6) is 0 Å². The number of nitrogens with one attached hydrogen (secondary N) is 2. The van der Waals surface area contributed by atoms with Crippen LogP contribution in [0.1, 0.15) is 11.1 Å². The van der Waals surface area contributed by atoms with Crippen LogP contribution in [-0.2, 0) is 12.4 Å². The van der Waals surface area contributed by atoms with Crippen LogP contribution in [0, 0.1) is 0 Å². The van der Waals surface area contributed by atoms with Gasteiger partial charge in [-0.25, -0.2) is 13.2 Å². The summed E-state index contributed by atoms with van der Waals surface area (Å²) in [4.78, 5) is 0. The Morgan fingerprint density at radius 1 is 0.885 bits per heavy atom. The molecule has 0 unspecified atom stereocenters. The van der Waals surface area contributed by atoms with Crippen molar-refractivity contribution in [3.63, 3.8) is 0 Å². The van der Waals surface area contributed by atoms with Crippen molar-refractivity contribution in [1.82, 2.24) is 5.32 Å². The highest BCUT2D eigenvalue weighted by atomic mass is 32.1. The summed E-state index contributed by atoms with van der Waals surface area (Å²) in [5, 5.41) is 4.16. The van der Waals surface area contributed by atoms with E-state index < -0.39 is 42.8 Å². The predicted octanol–water partition coefficient (Wildman–Crippen LogP) is 5.45. The van der Waals surface area contributed by atoms with E-state index in [2.05, 4.69) is 22.9 Å². The Balaban J connectivity index is 0. The minimum Gasteiger partial charge on any atom is -0.360 e. The molecule has 26 heavy (non-hydrogen) atoms. The summed E-state index contributed by atoms with van der Waals surface area (Å²) in [6.45, 7) is -2.75. The number of anilines is 1. The molecule has 0 spiro atoms. The van der Waals surface area contributed by atoms with Crippen LogP contribution < -0.4 is 10.6 Å². The third-order valence-electron chi connectivity index (χ3n) is 2.23. The first-order chi connectivity index (χ1) is 12.0. The van der Waals surface area contributed by atoms with Crippen LogP contribution in [0.3, 0.4) is 0 Å². The molecule has 0 aliphatic carbocycles. The van der Waals surface area contributed by atoms with Crippen LogP contribution in [0.4, 0.5) is 49.6 Å². The van der Waals surface area contributed by atoms with Gasteiger partial charge in [-0.15, -0.1) is 0 Å². The third kappa shape index (κ3) is 10.9. The zero-order valence-electron chi connectivity index (χ0n) is 13.0. The van der Waals surface area contributed by atoms with Gasteiger partial charge in [0.15, 0.2) is 5.11 Å². The molecule has 2 nitrogen and oxygen atoms in total. The minimum absolute atomic E-state index is 0.00319. The number of rotatable bonds is 3.